The number of nitrogens with one attached hydrogen (secondary N) is 2. The molecule has 0 unspecified atom stereocenters. The van der Waals surface area contributed by atoms with Gasteiger partial charge in [-0.25, -0.2) is 9.97 Å². The van der Waals surface area contributed by atoms with Crippen LogP contribution < -0.4 is 11.1 Å². The molecule has 0 aliphatic carbocycles. The lowest BCUT2D eigenvalue weighted by molar-refractivity contribution is 0.928. The lowest BCUT2D eigenvalue weighted by Crippen LogP contribution is -2.07. The number of aromatic amines is 1. The van der Waals surface area contributed by atoms with E-state index >= 15 is 0 Å². The third kappa shape index (κ3) is 2.53. The van der Waals surface area contributed by atoms with Crippen LogP contribution in [0.1, 0.15) is 10.8 Å². The van der Waals surface area contributed by atoms with E-state index in [9.17, 15) is 0 Å². The Morgan fingerprint density at radius 2 is 2.32 bits per heavy atom. The second-order valence-electron chi connectivity index (χ2n) is 4.35. The van der Waals surface area contributed by atoms with Crippen molar-refractivity contribution in [1.29, 1.82) is 0 Å². The number of nitrogens with two attached hydrogens (primary N) is 1. The van der Waals surface area contributed by atoms with Crippen LogP contribution in [0.3, 0.4) is 0 Å². The number of aromatic nitrogens is 3. The van der Waals surface area contributed by atoms with Crippen molar-refractivity contribution in [2.75, 3.05) is 17.6 Å². The van der Waals surface area contributed by atoms with Crippen molar-refractivity contribution in [3.8, 4) is 0 Å². The van der Waals surface area contributed by atoms with Crippen molar-refractivity contribution in [1.82, 2.24) is 15.0 Å². The molecule has 98 valence electrons. The Labute approximate surface area is 114 Å². The number of aryl methyl sites for hydroxylation is 1. The second kappa shape index (κ2) is 4.89. The van der Waals surface area contributed by atoms with Gasteiger partial charge < -0.3 is 16.0 Å². The maximum absolute atomic E-state index is 6.05. The summed E-state index contributed by atoms with van der Waals surface area (Å²) in [4.78, 5) is 11.7. The molecule has 19 heavy (non-hydrogen) atoms. The fraction of sp³-hybridized carbons (Fsp3) is 0.231. The van der Waals surface area contributed by atoms with Crippen molar-refractivity contribution in [2.45, 2.75) is 13.3 Å². The molecule has 1 aromatic carbocycles. The molecule has 0 saturated heterocycles. The fourth-order valence-corrected chi connectivity index (χ4v) is 2.87. The topological polar surface area (TPSA) is 79.6 Å². The molecule has 2 heterocycles. The standard InChI is InChI=1S/C13H15N5S/c1-8-18-11-7-10(9(14)6-12(11)19-8)15-3-2-13-16-4-5-17-13/h4-7,15H,2-3,14H2,1H3,(H,16,17). The van der Waals surface area contributed by atoms with Crippen LogP contribution in [-0.4, -0.2) is 21.5 Å². The van der Waals surface area contributed by atoms with Crippen LogP contribution in [0.5, 0.6) is 0 Å². The molecule has 4 N–H and O–H groups in total. The SMILES string of the molecule is Cc1nc2cc(NCCc3ncc[nH]3)c(N)cc2s1. The third-order valence-corrected chi connectivity index (χ3v) is 3.83. The Morgan fingerprint density at radius 1 is 1.42 bits per heavy atom. The number of thiazole rings is 1. The van der Waals surface area contributed by atoms with Gasteiger partial charge in [0.25, 0.3) is 0 Å². The van der Waals surface area contributed by atoms with Gasteiger partial charge in [-0.2, -0.15) is 0 Å². The lowest BCUT2D eigenvalue weighted by atomic mass is 10.2. The average Bonchev–Trinajstić information content (AvgIpc) is 2.98. The molecular formula is C13H15N5S. The van der Waals surface area contributed by atoms with Gasteiger partial charge in [-0.05, 0) is 19.1 Å². The van der Waals surface area contributed by atoms with Gasteiger partial charge in [0.15, 0.2) is 0 Å². The minimum absolute atomic E-state index is 0.760. The summed E-state index contributed by atoms with van der Waals surface area (Å²) in [5.41, 5.74) is 8.74. The molecule has 0 aliphatic heterocycles. The predicted octanol–water partition coefficient (Wildman–Crippen LogP) is 2.56. The number of rotatable bonds is 4. The van der Waals surface area contributed by atoms with Gasteiger partial charge in [0.2, 0.25) is 0 Å². The summed E-state index contributed by atoms with van der Waals surface area (Å²) in [6.45, 7) is 2.79. The number of H-pyrrole nitrogens is 1. The van der Waals surface area contributed by atoms with Gasteiger partial charge in [0, 0.05) is 25.4 Å². The van der Waals surface area contributed by atoms with Crippen LogP contribution in [-0.2, 0) is 6.42 Å². The van der Waals surface area contributed by atoms with Gasteiger partial charge >= 0.3 is 0 Å². The Morgan fingerprint density at radius 3 is 3.11 bits per heavy atom. The Bertz CT molecular complexity index is 686. The monoisotopic (exact) mass is 273 g/mol. The van der Waals surface area contributed by atoms with E-state index in [2.05, 4.69) is 20.3 Å². The summed E-state index contributed by atoms with van der Waals surface area (Å²) in [6, 6.07) is 3.99. The summed E-state index contributed by atoms with van der Waals surface area (Å²) in [6.07, 6.45) is 4.42. The van der Waals surface area contributed by atoms with Gasteiger partial charge in [-0.15, -0.1) is 11.3 Å². The van der Waals surface area contributed by atoms with Crippen LogP contribution in [0, 0.1) is 6.92 Å². The Balaban J connectivity index is 1.74. The van der Waals surface area contributed by atoms with E-state index in [1.807, 2.05) is 25.3 Å². The van der Waals surface area contributed by atoms with E-state index in [4.69, 9.17) is 5.73 Å². The zero-order chi connectivity index (χ0) is 13.2. The molecule has 2 aromatic heterocycles. The Hall–Kier alpha value is -2.08. The zero-order valence-corrected chi connectivity index (χ0v) is 11.4. The number of benzene rings is 1. The van der Waals surface area contributed by atoms with Crippen LogP contribution in [0.25, 0.3) is 10.2 Å². The summed E-state index contributed by atoms with van der Waals surface area (Å²) >= 11 is 1.66. The van der Waals surface area contributed by atoms with E-state index in [0.29, 0.717) is 0 Å². The summed E-state index contributed by atoms with van der Waals surface area (Å²) in [5, 5.41) is 4.39. The van der Waals surface area contributed by atoms with Crippen LogP contribution in [0.2, 0.25) is 0 Å². The maximum Gasteiger partial charge on any atom is 0.107 e. The van der Waals surface area contributed by atoms with E-state index < -0.39 is 0 Å². The highest BCUT2D eigenvalue weighted by atomic mass is 32.1. The maximum atomic E-state index is 6.05. The first kappa shape index (κ1) is 12.0. The molecule has 0 saturated carbocycles. The summed E-state index contributed by atoms with van der Waals surface area (Å²) in [7, 11) is 0. The summed E-state index contributed by atoms with van der Waals surface area (Å²) < 4.78 is 1.13. The first-order chi connectivity index (χ1) is 9.22. The van der Waals surface area contributed by atoms with Crippen molar-refractivity contribution >= 4 is 32.9 Å². The minimum Gasteiger partial charge on any atom is -0.397 e. The quantitative estimate of drug-likeness (QED) is 0.638. The molecule has 6 heteroatoms. The second-order valence-corrected chi connectivity index (χ2v) is 5.59. The molecule has 3 aromatic rings. The van der Waals surface area contributed by atoms with Crippen LogP contribution in [0.15, 0.2) is 24.5 Å². The van der Waals surface area contributed by atoms with Crippen molar-refractivity contribution in [2.24, 2.45) is 0 Å². The summed E-state index contributed by atoms with van der Waals surface area (Å²) in [5.74, 6) is 0.969. The predicted molar refractivity (Wildman–Crippen MR) is 79.6 cm³/mol. The Kier molecular flexibility index (Phi) is 3.08. The number of fused-ring (bicyclic) bond motifs is 1. The normalized spacial score (nSPS) is 11.0. The highest BCUT2D eigenvalue weighted by molar-refractivity contribution is 7.18. The zero-order valence-electron chi connectivity index (χ0n) is 10.6. The molecule has 0 amide bonds. The molecule has 0 fully saturated rings. The largest absolute Gasteiger partial charge is 0.397 e. The molecule has 0 spiro atoms. The van der Waals surface area contributed by atoms with Gasteiger partial charge in [-0.3, -0.25) is 0 Å². The van der Waals surface area contributed by atoms with E-state index in [-0.39, 0.29) is 0 Å². The number of nitrogens with zero attached hydrogens (tertiary/aromatic N) is 2. The van der Waals surface area contributed by atoms with Gasteiger partial charge in [0.05, 0.1) is 26.6 Å². The third-order valence-electron chi connectivity index (χ3n) is 2.90. The highest BCUT2D eigenvalue weighted by Gasteiger charge is 2.06. The molecule has 0 bridgehead atoms. The number of imidazole rings is 1. The number of hydrogen-bond acceptors (Lipinski definition) is 5. The van der Waals surface area contributed by atoms with Crippen molar-refractivity contribution < 1.29 is 0 Å². The fourth-order valence-electron chi connectivity index (χ4n) is 2.01. The molecule has 0 atom stereocenters. The van der Waals surface area contributed by atoms with Gasteiger partial charge in [-0.1, -0.05) is 0 Å². The van der Waals surface area contributed by atoms with Crippen molar-refractivity contribution in [3.63, 3.8) is 0 Å². The van der Waals surface area contributed by atoms with Gasteiger partial charge in [0.1, 0.15) is 5.82 Å². The number of anilines is 2. The van der Waals surface area contributed by atoms with Crippen molar-refractivity contribution in [3.05, 3.63) is 35.4 Å². The smallest absolute Gasteiger partial charge is 0.107 e. The molecule has 3 rings (SSSR count). The first-order valence-electron chi connectivity index (χ1n) is 6.11. The lowest BCUT2D eigenvalue weighted by Gasteiger charge is -2.08. The van der Waals surface area contributed by atoms with Crippen LogP contribution >= 0.6 is 11.3 Å². The number of hydrogen-bond donors (Lipinski definition) is 3. The average molecular weight is 273 g/mol. The van der Waals surface area contributed by atoms with Crippen LogP contribution in [0.4, 0.5) is 11.4 Å². The van der Waals surface area contributed by atoms with E-state index in [1.54, 1.807) is 17.5 Å². The van der Waals surface area contributed by atoms with E-state index in [0.717, 1.165) is 45.4 Å². The highest BCUT2D eigenvalue weighted by Crippen LogP contribution is 2.29. The van der Waals surface area contributed by atoms with E-state index in [1.165, 1.54) is 0 Å². The molecule has 5 nitrogen and oxygen atoms in total. The number of nitrogen functional groups attached to an aromatic ring is 1. The molecule has 0 radical (unpaired) electrons. The molecular weight excluding hydrogens is 258 g/mol. The first-order valence-corrected chi connectivity index (χ1v) is 6.93. The molecule has 0 aliphatic rings. The minimum atomic E-state index is 0.760.